The van der Waals surface area contributed by atoms with Gasteiger partial charge in [-0.2, -0.15) is 0 Å². The number of phenols is 1. The summed E-state index contributed by atoms with van der Waals surface area (Å²) in [5.74, 6) is -0.282. The number of amides is 1. The number of aryl methyl sites for hydroxylation is 1. The zero-order valence-electron chi connectivity index (χ0n) is 10.4. The number of phenolic OH excluding ortho intramolecular Hbond substituents is 1. The van der Waals surface area contributed by atoms with E-state index >= 15 is 0 Å². The van der Waals surface area contributed by atoms with Crippen LogP contribution in [0.5, 0.6) is 5.75 Å². The number of hydrogen-bond donors (Lipinski definition) is 2. The topological polar surface area (TPSA) is 49.3 Å². The van der Waals surface area contributed by atoms with Crippen LogP contribution in [0.2, 0.25) is 0 Å². The molecule has 6 heteroatoms. The number of carbonyl (C=O) groups excluding carboxylic acids is 1. The molecule has 3 nitrogen and oxygen atoms in total. The van der Waals surface area contributed by atoms with Gasteiger partial charge in [-0.25, -0.2) is 0 Å². The summed E-state index contributed by atoms with van der Waals surface area (Å²) in [4.78, 5) is 12.3. The molecule has 2 aromatic carbocycles. The molecule has 2 rings (SSSR count). The minimum atomic E-state index is -0.303. The highest BCUT2D eigenvalue weighted by molar-refractivity contribution is 14.1. The second-order valence-electron chi connectivity index (χ2n) is 4.20. The molecule has 0 radical (unpaired) electrons. The number of carbonyl (C=O) groups is 1. The first kappa shape index (κ1) is 16.3. The summed E-state index contributed by atoms with van der Waals surface area (Å²) in [5.41, 5.74) is 2.04. The first-order valence-corrected chi connectivity index (χ1v) is 8.87. The van der Waals surface area contributed by atoms with E-state index < -0.39 is 0 Å². The molecule has 0 saturated carbocycles. The van der Waals surface area contributed by atoms with Crippen molar-refractivity contribution in [3.8, 4) is 5.75 Å². The summed E-state index contributed by atoms with van der Waals surface area (Å²) in [6.07, 6.45) is 0. The lowest BCUT2D eigenvalue weighted by atomic mass is 10.1. The monoisotopic (exact) mass is 605 g/mol. The molecule has 1 amide bonds. The second kappa shape index (κ2) is 6.77. The van der Waals surface area contributed by atoms with Gasteiger partial charge in [-0.3, -0.25) is 4.79 Å². The van der Waals surface area contributed by atoms with E-state index in [4.69, 9.17) is 0 Å². The van der Waals surface area contributed by atoms with E-state index in [1.807, 2.05) is 53.8 Å². The fourth-order valence-corrected chi connectivity index (χ4v) is 4.19. The number of halogens is 3. The Labute approximate surface area is 158 Å². The van der Waals surface area contributed by atoms with Crippen molar-refractivity contribution in [3.63, 3.8) is 0 Å². The van der Waals surface area contributed by atoms with Gasteiger partial charge in [0.25, 0.3) is 5.91 Å². The van der Waals surface area contributed by atoms with E-state index in [0.717, 1.165) is 18.4 Å². The van der Waals surface area contributed by atoms with E-state index in [2.05, 4.69) is 50.5 Å². The first-order chi connectivity index (χ1) is 9.38. The Kier molecular flexibility index (Phi) is 5.51. The van der Waals surface area contributed by atoms with Gasteiger partial charge in [0.1, 0.15) is 5.75 Å². The molecule has 0 bridgehead atoms. The number of rotatable bonds is 2. The Bertz CT molecular complexity index is 686. The molecule has 0 aliphatic heterocycles. The van der Waals surface area contributed by atoms with Crippen LogP contribution in [0.15, 0.2) is 30.3 Å². The highest BCUT2D eigenvalue weighted by Crippen LogP contribution is 2.28. The van der Waals surface area contributed by atoms with Gasteiger partial charge in [-0.15, -0.1) is 0 Å². The Morgan fingerprint density at radius 2 is 1.80 bits per heavy atom. The molecule has 0 saturated heterocycles. The average Bonchev–Trinajstić information content (AvgIpc) is 2.37. The first-order valence-electron chi connectivity index (χ1n) is 5.64. The van der Waals surface area contributed by atoms with Gasteiger partial charge >= 0.3 is 0 Å². The molecule has 0 heterocycles. The molecule has 2 N–H and O–H groups in total. The van der Waals surface area contributed by atoms with Gasteiger partial charge < -0.3 is 10.4 Å². The molecular formula is C14H10I3NO2. The number of anilines is 1. The van der Waals surface area contributed by atoms with Gasteiger partial charge in [0.05, 0.1) is 9.13 Å². The van der Waals surface area contributed by atoms with Crippen molar-refractivity contribution in [3.05, 3.63) is 52.2 Å². The van der Waals surface area contributed by atoms with Crippen LogP contribution in [-0.4, -0.2) is 11.0 Å². The van der Waals surface area contributed by atoms with Crippen LogP contribution < -0.4 is 5.32 Å². The quantitative estimate of drug-likeness (QED) is 0.486. The van der Waals surface area contributed by atoms with Crippen molar-refractivity contribution in [2.24, 2.45) is 0 Å². The smallest absolute Gasteiger partial charge is 0.259 e. The van der Waals surface area contributed by atoms with Crippen LogP contribution in [0.25, 0.3) is 0 Å². The maximum atomic E-state index is 12.3. The highest BCUT2D eigenvalue weighted by Gasteiger charge is 2.15. The summed E-state index contributed by atoms with van der Waals surface area (Å²) in [5, 5.41) is 12.9. The third-order valence-corrected chi connectivity index (χ3v) is 4.83. The van der Waals surface area contributed by atoms with Crippen molar-refractivity contribution in [2.75, 3.05) is 5.32 Å². The summed E-state index contributed by atoms with van der Waals surface area (Å²) in [6.45, 7) is 1.94. The lowest BCUT2D eigenvalue weighted by Gasteiger charge is -2.11. The SMILES string of the molecule is Cc1cc(I)ccc1NC(=O)c1cc(I)cc(I)c1O. The lowest BCUT2D eigenvalue weighted by molar-refractivity contribution is 0.102. The minimum absolute atomic E-state index is 0.0201. The summed E-state index contributed by atoms with van der Waals surface area (Å²) in [6, 6.07) is 9.29. The van der Waals surface area contributed by atoms with Crippen LogP contribution in [0.1, 0.15) is 15.9 Å². The predicted molar refractivity (Wildman–Crippen MR) is 105 cm³/mol. The fraction of sp³-hybridized carbons (Fsp3) is 0.0714. The molecule has 0 aliphatic rings. The van der Waals surface area contributed by atoms with Crippen LogP contribution >= 0.6 is 67.8 Å². The normalized spacial score (nSPS) is 10.4. The molecule has 2 aromatic rings. The van der Waals surface area contributed by atoms with E-state index in [-0.39, 0.29) is 11.7 Å². The molecule has 0 aliphatic carbocycles. The zero-order chi connectivity index (χ0) is 14.9. The Morgan fingerprint density at radius 3 is 2.45 bits per heavy atom. The fourth-order valence-electron chi connectivity index (χ4n) is 1.70. The number of nitrogens with one attached hydrogen (secondary N) is 1. The van der Waals surface area contributed by atoms with E-state index in [9.17, 15) is 9.90 Å². The van der Waals surface area contributed by atoms with Gasteiger partial charge in [0.15, 0.2) is 0 Å². The van der Waals surface area contributed by atoms with Crippen LogP contribution in [0, 0.1) is 17.6 Å². The molecule has 0 atom stereocenters. The summed E-state index contributed by atoms with van der Waals surface area (Å²) in [7, 11) is 0. The van der Waals surface area contributed by atoms with Crippen molar-refractivity contribution in [2.45, 2.75) is 6.92 Å². The second-order valence-corrected chi connectivity index (χ2v) is 7.85. The van der Waals surface area contributed by atoms with Crippen molar-refractivity contribution < 1.29 is 9.90 Å². The highest BCUT2D eigenvalue weighted by atomic mass is 127. The Hall–Kier alpha value is -0.100. The molecule has 20 heavy (non-hydrogen) atoms. The van der Waals surface area contributed by atoms with E-state index in [1.54, 1.807) is 6.07 Å². The third-order valence-electron chi connectivity index (χ3n) is 2.71. The van der Waals surface area contributed by atoms with Crippen LogP contribution in [0.3, 0.4) is 0 Å². The Morgan fingerprint density at radius 1 is 1.10 bits per heavy atom. The largest absolute Gasteiger partial charge is 0.506 e. The number of aromatic hydroxyl groups is 1. The average molecular weight is 605 g/mol. The maximum Gasteiger partial charge on any atom is 0.259 e. The molecule has 0 aromatic heterocycles. The van der Waals surface area contributed by atoms with Crippen molar-refractivity contribution in [1.82, 2.24) is 0 Å². The van der Waals surface area contributed by atoms with Crippen molar-refractivity contribution >= 4 is 79.4 Å². The summed E-state index contributed by atoms with van der Waals surface area (Å²) >= 11 is 6.37. The standard InChI is InChI=1S/C14H10I3NO2/c1-7-4-8(15)2-3-12(7)18-14(20)10-5-9(16)6-11(17)13(10)19/h2-6,19H,1H3,(H,18,20). The van der Waals surface area contributed by atoms with Gasteiger partial charge in [-0.05, 0) is 111 Å². The molecule has 104 valence electrons. The molecule has 0 fully saturated rings. The Balaban J connectivity index is 2.33. The van der Waals surface area contributed by atoms with Gasteiger partial charge in [-0.1, -0.05) is 0 Å². The van der Waals surface area contributed by atoms with E-state index in [1.165, 1.54) is 0 Å². The van der Waals surface area contributed by atoms with Gasteiger partial charge in [0.2, 0.25) is 0 Å². The van der Waals surface area contributed by atoms with E-state index in [0.29, 0.717) is 9.13 Å². The number of hydrogen-bond acceptors (Lipinski definition) is 2. The third kappa shape index (κ3) is 3.75. The minimum Gasteiger partial charge on any atom is -0.506 e. The predicted octanol–water partition coefficient (Wildman–Crippen LogP) is 4.77. The summed E-state index contributed by atoms with van der Waals surface area (Å²) < 4.78 is 2.69. The van der Waals surface area contributed by atoms with Gasteiger partial charge in [0, 0.05) is 12.8 Å². The molecular weight excluding hydrogens is 595 g/mol. The van der Waals surface area contributed by atoms with Crippen molar-refractivity contribution in [1.29, 1.82) is 0 Å². The number of benzene rings is 2. The molecule has 0 unspecified atom stereocenters. The van der Waals surface area contributed by atoms with Crippen LogP contribution in [-0.2, 0) is 0 Å². The maximum absolute atomic E-state index is 12.3. The molecule has 0 spiro atoms. The van der Waals surface area contributed by atoms with Crippen LogP contribution in [0.4, 0.5) is 5.69 Å². The lowest BCUT2D eigenvalue weighted by Crippen LogP contribution is -2.13. The zero-order valence-corrected chi connectivity index (χ0v) is 16.8.